The molecule has 1 aromatic heterocycles. The molecule has 0 unspecified atom stereocenters. The Kier molecular flexibility index (Phi) is 5.10. The molecule has 1 heterocycles. The van der Waals surface area contributed by atoms with Crippen LogP contribution >= 0.6 is 11.6 Å². The normalized spacial score (nSPS) is 11.5. The molecular weight excluding hydrogens is 306 g/mol. The first-order chi connectivity index (χ1) is 10.4. The fourth-order valence-corrected chi connectivity index (χ4v) is 2.18. The molecule has 0 aliphatic carbocycles. The number of carbonyl (C=O) groups excluding carboxylic acids is 1. The van der Waals surface area contributed by atoms with Gasteiger partial charge in [0.1, 0.15) is 6.33 Å². The molecule has 0 aliphatic rings. The van der Waals surface area contributed by atoms with Crippen LogP contribution in [0.5, 0.6) is 0 Å². The average molecular weight is 324 g/mol. The summed E-state index contributed by atoms with van der Waals surface area (Å²) in [5.41, 5.74) is 0.883. The number of benzene rings is 1. The molecule has 0 bridgehead atoms. The summed E-state index contributed by atoms with van der Waals surface area (Å²) in [6, 6.07) is 4.98. The lowest BCUT2D eigenvalue weighted by molar-refractivity contribution is 0.0928. The number of hydrogen-bond acceptors (Lipinski definition) is 5. The van der Waals surface area contributed by atoms with E-state index in [4.69, 9.17) is 16.7 Å². The molecule has 7 nitrogen and oxygen atoms in total. The second kappa shape index (κ2) is 6.85. The van der Waals surface area contributed by atoms with Gasteiger partial charge in [-0.25, -0.2) is 4.68 Å². The van der Waals surface area contributed by atoms with E-state index >= 15 is 0 Å². The van der Waals surface area contributed by atoms with Crippen LogP contribution in [-0.2, 0) is 0 Å². The zero-order valence-electron chi connectivity index (χ0n) is 12.5. The lowest BCUT2D eigenvalue weighted by Gasteiger charge is -2.24. The monoisotopic (exact) mass is 323 g/mol. The minimum absolute atomic E-state index is 0.0876. The summed E-state index contributed by atoms with van der Waals surface area (Å²) < 4.78 is 1.46. The van der Waals surface area contributed by atoms with Gasteiger partial charge < -0.3 is 10.4 Å². The smallest absolute Gasteiger partial charge is 0.252 e. The summed E-state index contributed by atoms with van der Waals surface area (Å²) in [6.45, 7) is 4.50. The summed E-state index contributed by atoms with van der Waals surface area (Å²) in [6.07, 6.45) is 2.06. The third-order valence-electron chi connectivity index (χ3n) is 3.33. The van der Waals surface area contributed by atoms with Crippen molar-refractivity contribution in [1.29, 1.82) is 0 Å². The van der Waals surface area contributed by atoms with Crippen molar-refractivity contribution in [3.63, 3.8) is 0 Å². The van der Waals surface area contributed by atoms with E-state index < -0.39 is 0 Å². The number of nitrogens with zero attached hydrogens (tertiary/aromatic N) is 4. The van der Waals surface area contributed by atoms with E-state index in [1.807, 2.05) is 13.8 Å². The lowest BCUT2D eigenvalue weighted by Crippen LogP contribution is -2.34. The molecule has 0 saturated carbocycles. The van der Waals surface area contributed by atoms with Crippen LogP contribution in [0.4, 0.5) is 0 Å². The lowest BCUT2D eigenvalue weighted by atomic mass is 9.89. The largest absolute Gasteiger partial charge is 0.396 e. The van der Waals surface area contributed by atoms with Gasteiger partial charge in [0, 0.05) is 13.2 Å². The van der Waals surface area contributed by atoms with Crippen molar-refractivity contribution < 1.29 is 9.90 Å². The number of tetrazole rings is 1. The Balaban J connectivity index is 2.07. The predicted octanol–water partition coefficient (Wildman–Crippen LogP) is 1.45. The minimum Gasteiger partial charge on any atom is -0.396 e. The number of aliphatic hydroxyl groups is 1. The van der Waals surface area contributed by atoms with E-state index in [0.717, 1.165) is 0 Å². The van der Waals surface area contributed by atoms with E-state index in [2.05, 4.69) is 20.8 Å². The molecule has 2 rings (SSSR count). The number of aromatic nitrogens is 4. The number of hydrogen-bond donors (Lipinski definition) is 2. The standard InChI is InChI=1S/C14H18ClN5O2/c1-14(2,5-6-21)8-16-13(22)11-4-3-10(7-12(11)15)20-9-17-18-19-20/h3-4,7,9,21H,5-6,8H2,1-2H3,(H,16,22). The summed E-state index contributed by atoms with van der Waals surface area (Å²) in [4.78, 5) is 12.2. The molecular formula is C14H18ClN5O2. The number of amides is 1. The van der Waals surface area contributed by atoms with Gasteiger partial charge in [0.05, 0.1) is 16.3 Å². The van der Waals surface area contributed by atoms with Gasteiger partial charge in [-0.15, -0.1) is 5.10 Å². The van der Waals surface area contributed by atoms with Crippen molar-refractivity contribution in [2.75, 3.05) is 13.2 Å². The Morgan fingerprint density at radius 2 is 2.23 bits per heavy atom. The Labute approximate surface area is 133 Å². The van der Waals surface area contributed by atoms with E-state index in [9.17, 15) is 4.79 Å². The van der Waals surface area contributed by atoms with Crippen LogP contribution in [0, 0.1) is 5.41 Å². The van der Waals surface area contributed by atoms with E-state index in [1.165, 1.54) is 11.0 Å². The minimum atomic E-state index is -0.251. The van der Waals surface area contributed by atoms with Crippen molar-refractivity contribution in [2.45, 2.75) is 20.3 Å². The van der Waals surface area contributed by atoms with E-state index in [0.29, 0.717) is 29.2 Å². The Bertz CT molecular complexity index is 643. The number of rotatable bonds is 6. The van der Waals surface area contributed by atoms with Gasteiger partial charge in [-0.05, 0) is 40.5 Å². The van der Waals surface area contributed by atoms with E-state index in [1.54, 1.807) is 18.2 Å². The molecule has 0 saturated heterocycles. The zero-order valence-corrected chi connectivity index (χ0v) is 13.2. The maximum absolute atomic E-state index is 12.2. The third kappa shape index (κ3) is 4.02. The second-order valence-corrected chi connectivity index (χ2v) is 6.15. The quantitative estimate of drug-likeness (QED) is 0.839. The van der Waals surface area contributed by atoms with Gasteiger partial charge >= 0.3 is 0 Å². The van der Waals surface area contributed by atoms with Gasteiger partial charge in [-0.1, -0.05) is 25.4 Å². The number of aliphatic hydroxyl groups excluding tert-OH is 1. The van der Waals surface area contributed by atoms with Crippen LogP contribution < -0.4 is 5.32 Å². The van der Waals surface area contributed by atoms with E-state index in [-0.39, 0.29) is 17.9 Å². The highest BCUT2D eigenvalue weighted by molar-refractivity contribution is 6.34. The third-order valence-corrected chi connectivity index (χ3v) is 3.64. The molecule has 22 heavy (non-hydrogen) atoms. The SMILES string of the molecule is CC(C)(CCO)CNC(=O)c1ccc(-n2cnnn2)cc1Cl. The molecule has 1 aromatic carbocycles. The van der Waals surface area contributed by atoms with Gasteiger partial charge in [0.2, 0.25) is 0 Å². The zero-order chi connectivity index (χ0) is 16.2. The van der Waals surface area contributed by atoms with Crippen LogP contribution in [0.25, 0.3) is 5.69 Å². The molecule has 2 aromatic rings. The molecule has 1 amide bonds. The van der Waals surface area contributed by atoms with Crippen LogP contribution in [0.1, 0.15) is 30.6 Å². The Morgan fingerprint density at radius 3 is 2.82 bits per heavy atom. The average Bonchev–Trinajstić information content (AvgIpc) is 2.99. The highest BCUT2D eigenvalue weighted by Gasteiger charge is 2.19. The first kappa shape index (κ1) is 16.4. The fourth-order valence-electron chi connectivity index (χ4n) is 1.92. The van der Waals surface area contributed by atoms with Crippen molar-refractivity contribution in [2.24, 2.45) is 5.41 Å². The highest BCUT2D eigenvalue weighted by Crippen LogP contribution is 2.21. The topological polar surface area (TPSA) is 92.9 Å². The molecule has 0 atom stereocenters. The van der Waals surface area contributed by atoms with Crippen LogP contribution in [0.2, 0.25) is 5.02 Å². The maximum Gasteiger partial charge on any atom is 0.252 e. The summed E-state index contributed by atoms with van der Waals surface area (Å²) in [5, 5.41) is 23.0. The molecule has 0 fully saturated rings. The summed E-state index contributed by atoms with van der Waals surface area (Å²) >= 11 is 6.17. The number of nitrogens with one attached hydrogen (secondary N) is 1. The van der Waals surface area contributed by atoms with Crippen molar-refractivity contribution >= 4 is 17.5 Å². The molecule has 0 radical (unpaired) electrons. The van der Waals surface area contributed by atoms with Gasteiger partial charge in [0.15, 0.2) is 0 Å². The number of carbonyl (C=O) groups is 1. The number of halogens is 1. The van der Waals surface area contributed by atoms with Crippen molar-refractivity contribution in [1.82, 2.24) is 25.5 Å². The maximum atomic E-state index is 12.2. The van der Waals surface area contributed by atoms with Crippen molar-refractivity contribution in [3.8, 4) is 5.69 Å². The molecule has 118 valence electrons. The first-order valence-corrected chi connectivity index (χ1v) is 7.23. The Morgan fingerprint density at radius 1 is 1.45 bits per heavy atom. The predicted molar refractivity (Wildman–Crippen MR) is 82.0 cm³/mol. The van der Waals surface area contributed by atoms with Crippen molar-refractivity contribution in [3.05, 3.63) is 35.1 Å². The second-order valence-electron chi connectivity index (χ2n) is 5.74. The van der Waals surface area contributed by atoms with Crippen LogP contribution in [-0.4, -0.2) is 44.4 Å². The molecule has 8 heteroatoms. The van der Waals surface area contributed by atoms with Gasteiger partial charge in [-0.2, -0.15) is 0 Å². The van der Waals surface area contributed by atoms with Crippen LogP contribution in [0.3, 0.4) is 0 Å². The molecule has 2 N–H and O–H groups in total. The first-order valence-electron chi connectivity index (χ1n) is 6.85. The molecule has 0 spiro atoms. The van der Waals surface area contributed by atoms with Crippen LogP contribution in [0.15, 0.2) is 24.5 Å². The summed E-state index contributed by atoms with van der Waals surface area (Å²) in [5.74, 6) is -0.251. The van der Waals surface area contributed by atoms with Gasteiger partial charge in [-0.3, -0.25) is 4.79 Å². The summed E-state index contributed by atoms with van der Waals surface area (Å²) in [7, 11) is 0. The molecule has 0 aliphatic heterocycles. The Hall–Kier alpha value is -1.99. The fraction of sp³-hybridized carbons (Fsp3) is 0.429. The van der Waals surface area contributed by atoms with Gasteiger partial charge in [0.25, 0.3) is 5.91 Å². The highest BCUT2D eigenvalue weighted by atomic mass is 35.5.